The standard InChI is InChI=1S/C21H29ClN4O3S/c1-13(2)11-25(17(27)9-10-30-16-7-5-15(22)6-8-16)18-19(23)26(12-14(3)4)21(29)24-20(18)28/h5-8,13-14H,9-12,23H2,1-4H3,(H,24,28,29). The van der Waals surface area contributed by atoms with E-state index in [1.807, 2.05) is 39.8 Å². The highest BCUT2D eigenvalue weighted by atomic mass is 35.5. The van der Waals surface area contributed by atoms with Gasteiger partial charge in [-0.15, -0.1) is 11.8 Å². The zero-order chi connectivity index (χ0) is 22.4. The molecule has 0 spiro atoms. The summed E-state index contributed by atoms with van der Waals surface area (Å²) in [7, 11) is 0. The number of halogens is 1. The Morgan fingerprint density at radius 3 is 2.37 bits per heavy atom. The number of carbonyl (C=O) groups is 1. The topological polar surface area (TPSA) is 101 Å². The van der Waals surface area contributed by atoms with Gasteiger partial charge in [0.1, 0.15) is 5.82 Å². The van der Waals surface area contributed by atoms with Gasteiger partial charge in [0.2, 0.25) is 5.91 Å². The van der Waals surface area contributed by atoms with Crippen LogP contribution in [0.4, 0.5) is 11.5 Å². The largest absolute Gasteiger partial charge is 0.383 e. The van der Waals surface area contributed by atoms with Crippen LogP contribution in [0.1, 0.15) is 34.1 Å². The number of anilines is 2. The van der Waals surface area contributed by atoms with Crippen LogP contribution < -0.4 is 21.9 Å². The van der Waals surface area contributed by atoms with Crippen molar-refractivity contribution in [1.82, 2.24) is 9.55 Å². The van der Waals surface area contributed by atoms with Gasteiger partial charge in [-0.05, 0) is 36.1 Å². The molecule has 0 radical (unpaired) electrons. The van der Waals surface area contributed by atoms with E-state index in [0.29, 0.717) is 23.9 Å². The third-order valence-electron chi connectivity index (χ3n) is 4.28. The molecule has 0 saturated heterocycles. The molecule has 0 aliphatic rings. The van der Waals surface area contributed by atoms with Gasteiger partial charge in [0, 0.05) is 35.2 Å². The van der Waals surface area contributed by atoms with Crippen LogP contribution in [0.25, 0.3) is 0 Å². The van der Waals surface area contributed by atoms with E-state index in [9.17, 15) is 14.4 Å². The van der Waals surface area contributed by atoms with E-state index in [1.54, 1.807) is 12.1 Å². The minimum absolute atomic E-state index is 0.0248. The molecule has 0 unspecified atom stereocenters. The SMILES string of the molecule is CC(C)CN(C(=O)CCSc1ccc(Cl)cc1)c1c(N)n(CC(C)C)c(=O)[nH]c1=O. The first-order chi connectivity index (χ1) is 14.1. The number of rotatable bonds is 9. The number of carbonyl (C=O) groups excluding carboxylic acids is 1. The molecule has 3 N–H and O–H groups in total. The Kier molecular flexibility index (Phi) is 8.61. The lowest BCUT2D eigenvalue weighted by Crippen LogP contribution is -2.43. The quantitative estimate of drug-likeness (QED) is 0.566. The molecular formula is C21H29ClN4O3S. The number of hydrogen-bond donors (Lipinski definition) is 2. The number of nitrogens with two attached hydrogens (primary N) is 1. The molecule has 1 amide bonds. The molecule has 0 bridgehead atoms. The van der Waals surface area contributed by atoms with Gasteiger partial charge in [-0.25, -0.2) is 4.79 Å². The highest BCUT2D eigenvalue weighted by Crippen LogP contribution is 2.23. The molecule has 30 heavy (non-hydrogen) atoms. The second-order valence-corrected chi connectivity index (χ2v) is 9.55. The van der Waals surface area contributed by atoms with Gasteiger partial charge >= 0.3 is 5.69 Å². The van der Waals surface area contributed by atoms with Gasteiger partial charge in [0.25, 0.3) is 5.56 Å². The van der Waals surface area contributed by atoms with Crippen molar-refractivity contribution in [2.45, 2.75) is 45.6 Å². The minimum atomic E-state index is -0.642. The number of nitrogens with zero attached hydrogens (tertiary/aromatic N) is 2. The van der Waals surface area contributed by atoms with Gasteiger partial charge in [-0.1, -0.05) is 39.3 Å². The Hall–Kier alpha value is -2.19. The van der Waals surface area contributed by atoms with E-state index >= 15 is 0 Å². The number of H-pyrrole nitrogens is 1. The van der Waals surface area contributed by atoms with Crippen molar-refractivity contribution >= 4 is 40.8 Å². The molecule has 0 atom stereocenters. The molecule has 7 nitrogen and oxygen atoms in total. The molecule has 0 aliphatic heterocycles. The summed E-state index contributed by atoms with van der Waals surface area (Å²) in [5.74, 6) is 0.614. The van der Waals surface area contributed by atoms with Crippen LogP contribution >= 0.6 is 23.4 Å². The van der Waals surface area contributed by atoms with Gasteiger partial charge in [0.15, 0.2) is 5.69 Å². The lowest BCUT2D eigenvalue weighted by atomic mass is 10.2. The molecule has 0 aliphatic carbocycles. The monoisotopic (exact) mass is 452 g/mol. The van der Waals surface area contributed by atoms with Crippen molar-refractivity contribution < 1.29 is 4.79 Å². The number of nitrogen functional groups attached to an aromatic ring is 1. The lowest BCUT2D eigenvalue weighted by Gasteiger charge is -2.26. The number of thioether (sulfide) groups is 1. The highest BCUT2D eigenvalue weighted by Gasteiger charge is 2.25. The molecule has 2 aromatic rings. The Morgan fingerprint density at radius 1 is 1.17 bits per heavy atom. The van der Waals surface area contributed by atoms with E-state index in [1.165, 1.54) is 21.2 Å². The first-order valence-electron chi connectivity index (χ1n) is 9.91. The number of amides is 1. The fourth-order valence-electron chi connectivity index (χ4n) is 2.99. The zero-order valence-electron chi connectivity index (χ0n) is 17.8. The molecule has 0 saturated carbocycles. The van der Waals surface area contributed by atoms with Gasteiger partial charge in [-0.2, -0.15) is 0 Å². The summed E-state index contributed by atoms with van der Waals surface area (Å²) in [4.78, 5) is 42.6. The van der Waals surface area contributed by atoms with Crippen LogP contribution in [0, 0.1) is 11.8 Å². The van der Waals surface area contributed by atoms with Crippen molar-refractivity contribution in [1.29, 1.82) is 0 Å². The molecule has 1 aromatic heterocycles. The van der Waals surface area contributed by atoms with Crippen molar-refractivity contribution in [3.8, 4) is 0 Å². The Bertz CT molecular complexity index is 983. The van der Waals surface area contributed by atoms with Crippen molar-refractivity contribution in [2.24, 2.45) is 11.8 Å². The first-order valence-corrected chi connectivity index (χ1v) is 11.3. The molecule has 9 heteroatoms. The number of nitrogens with one attached hydrogen (secondary N) is 1. The molecule has 164 valence electrons. The summed E-state index contributed by atoms with van der Waals surface area (Å²) in [5, 5.41) is 0.657. The van der Waals surface area contributed by atoms with Crippen molar-refractivity contribution in [3.63, 3.8) is 0 Å². The van der Waals surface area contributed by atoms with Crippen LogP contribution in [0.2, 0.25) is 5.02 Å². The number of hydrogen-bond acceptors (Lipinski definition) is 5. The van der Waals surface area contributed by atoms with Crippen LogP contribution in [0.15, 0.2) is 38.8 Å². The second-order valence-electron chi connectivity index (χ2n) is 7.95. The average molecular weight is 453 g/mol. The van der Waals surface area contributed by atoms with E-state index in [-0.39, 0.29) is 35.7 Å². The third-order valence-corrected chi connectivity index (χ3v) is 5.54. The van der Waals surface area contributed by atoms with Crippen molar-refractivity contribution in [2.75, 3.05) is 22.9 Å². The Morgan fingerprint density at radius 2 is 1.80 bits per heavy atom. The van der Waals surface area contributed by atoms with Gasteiger partial charge < -0.3 is 10.6 Å². The van der Waals surface area contributed by atoms with E-state index in [4.69, 9.17) is 17.3 Å². The number of benzene rings is 1. The average Bonchev–Trinajstić information content (AvgIpc) is 2.65. The zero-order valence-corrected chi connectivity index (χ0v) is 19.3. The smallest absolute Gasteiger partial charge is 0.330 e. The summed E-state index contributed by atoms with van der Waals surface area (Å²) in [5.41, 5.74) is 5.05. The van der Waals surface area contributed by atoms with Crippen LogP contribution in [-0.2, 0) is 11.3 Å². The molecule has 1 heterocycles. The summed E-state index contributed by atoms with van der Waals surface area (Å²) < 4.78 is 1.32. The number of aromatic nitrogens is 2. The third kappa shape index (κ3) is 6.40. The molecule has 2 rings (SSSR count). The lowest BCUT2D eigenvalue weighted by molar-refractivity contribution is -0.118. The highest BCUT2D eigenvalue weighted by molar-refractivity contribution is 7.99. The van der Waals surface area contributed by atoms with Crippen molar-refractivity contribution in [3.05, 3.63) is 50.1 Å². The van der Waals surface area contributed by atoms with Crippen LogP contribution in [0.3, 0.4) is 0 Å². The predicted octanol–water partition coefficient (Wildman–Crippen LogP) is 3.60. The van der Waals surface area contributed by atoms with Gasteiger partial charge in [-0.3, -0.25) is 19.1 Å². The summed E-state index contributed by atoms with van der Waals surface area (Å²) >= 11 is 7.43. The first kappa shape index (κ1) is 24.1. The minimum Gasteiger partial charge on any atom is -0.383 e. The second kappa shape index (κ2) is 10.7. The van der Waals surface area contributed by atoms with Crippen LogP contribution in [0.5, 0.6) is 0 Å². The normalized spacial score (nSPS) is 11.3. The molecule has 0 fully saturated rings. The Labute approximate surface area is 185 Å². The van der Waals surface area contributed by atoms with E-state index < -0.39 is 11.2 Å². The maximum absolute atomic E-state index is 13.0. The fourth-order valence-corrected chi connectivity index (χ4v) is 3.96. The Balaban J connectivity index is 2.28. The predicted molar refractivity (Wildman–Crippen MR) is 125 cm³/mol. The van der Waals surface area contributed by atoms with Gasteiger partial charge in [0.05, 0.1) is 0 Å². The van der Waals surface area contributed by atoms with E-state index in [2.05, 4.69) is 4.98 Å². The maximum Gasteiger partial charge on any atom is 0.330 e. The van der Waals surface area contributed by atoms with E-state index in [0.717, 1.165) is 4.90 Å². The summed E-state index contributed by atoms with van der Waals surface area (Å²) in [6.45, 7) is 8.49. The summed E-state index contributed by atoms with van der Waals surface area (Å²) in [6.07, 6.45) is 0.224. The number of aromatic amines is 1. The summed E-state index contributed by atoms with van der Waals surface area (Å²) in [6, 6.07) is 7.39. The molecular weight excluding hydrogens is 424 g/mol. The van der Waals surface area contributed by atoms with Crippen LogP contribution in [-0.4, -0.2) is 27.8 Å². The maximum atomic E-state index is 13.0. The fraction of sp³-hybridized carbons (Fsp3) is 0.476. The molecule has 1 aromatic carbocycles.